The molecule has 1 amide bonds. The highest BCUT2D eigenvalue weighted by Crippen LogP contribution is 2.27. The topological polar surface area (TPSA) is 97.8 Å². The molecule has 4 N–H and O–H groups in total. The van der Waals surface area contributed by atoms with Crippen molar-refractivity contribution >= 4 is 17.8 Å². The Kier molecular flexibility index (Phi) is 6.52. The van der Waals surface area contributed by atoms with Crippen molar-refractivity contribution in [2.75, 3.05) is 5.32 Å². The van der Waals surface area contributed by atoms with Crippen molar-refractivity contribution in [3.8, 4) is 0 Å². The first kappa shape index (κ1) is 20.8. The normalized spacial score (nSPS) is 14.0. The van der Waals surface area contributed by atoms with Crippen LogP contribution >= 0.6 is 0 Å². The molecule has 0 radical (unpaired) electrons. The van der Waals surface area contributed by atoms with Crippen LogP contribution in [0.1, 0.15) is 70.9 Å². The first-order valence-corrected chi connectivity index (χ1v) is 10.3. The van der Waals surface area contributed by atoms with E-state index in [1.165, 1.54) is 19.1 Å². The minimum absolute atomic E-state index is 0.152. The van der Waals surface area contributed by atoms with Gasteiger partial charge < -0.3 is 21.0 Å². The number of anilines is 1. The Morgan fingerprint density at radius 2 is 1.97 bits per heavy atom. The van der Waals surface area contributed by atoms with Crippen LogP contribution < -0.4 is 16.2 Å². The largest absolute Gasteiger partial charge is 0.382 e. The lowest BCUT2D eigenvalue weighted by atomic mass is 9.99. The summed E-state index contributed by atoms with van der Waals surface area (Å²) in [5, 5.41) is 14.3. The van der Waals surface area contributed by atoms with E-state index < -0.39 is 0 Å². The lowest BCUT2D eigenvalue weighted by Gasteiger charge is -2.19. The molecule has 1 aliphatic rings. The second-order valence-electron chi connectivity index (χ2n) is 7.85. The molecule has 154 valence electrons. The van der Waals surface area contributed by atoms with Gasteiger partial charge in [-0.1, -0.05) is 19.8 Å². The number of H-pyrrole nitrogens is 1. The molecule has 0 saturated heterocycles. The van der Waals surface area contributed by atoms with Crippen molar-refractivity contribution in [2.45, 2.75) is 65.5 Å². The van der Waals surface area contributed by atoms with Crippen molar-refractivity contribution < 1.29 is 4.79 Å². The van der Waals surface area contributed by atoms with Gasteiger partial charge in [0.05, 0.1) is 5.56 Å². The average Bonchev–Trinajstić information content (AvgIpc) is 3.19. The molecule has 6 heteroatoms. The molecule has 3 rings (SSSR count). The quantitative estimate of drug-likeness (QED) is 0.537. The van der Waals surface area contributed by atoms with Crippen LogP contribution in [0.3, 0.4) is 0 Å². The summed E-state index contributed by atoms with van der Waals surface area (Å²) in [7, 11) is 0. The fourth-order valence-corrected chi connectivity index (χ4v) is 4.04. The van der Waals surface area contributed by atoms with Gasteiger partial charge in [0, 0.05) is 41.3 Å². The van der Waals surface area contributed by atoms with Gasteiger partial charge in [-0.3, -0.25) is 9.59 Å². The van der Waals surface area contributed by atoms with Gasteiger partial charge in [-0.05, 0) is 62.4 Å². The highest BCUT2D eigenvalue weighted by molar-refractivity contribution is 6.05. The van der Waals surface area contributed by atoms with Gasteiger partial charge in [-0.25, -0.2) is 0 Å². The number of rotatable bonds is 7. The summed E-state index contributed by atoms with van der Waals surface area (Å²) in [4.78, 5) is 28.0. The Hall–Kier alpha value is -2.89. The zero-order chi connectivity index (χ0) is 21.0. The number of aromatic nitrogens is 1. The summed E-state index contributed by atoms with van der Waals surface area (Å²) in [6, 6.07) is 6.18. The van der Waals surface area contributed by atoms with Crippen LogP contribution in [0, 0.1) is 19.3 Å². The highest BCUT2D eigenvalue weighted by atomic mass is 16.1. The molecule has 1 aromatic heterocycles. The number of hydrogen-bond donors (Lipinski definition) is 4. The minimum Gasteiger partial charge on any atom is -0.382 e. The predicted octanol–water partition coefficient (Wildman–Crippen LogP) is 3.84. The summed E-state index contributed by atoms with van der Waals surface area (Å²) in [5.74, 6) is -0.271. The number of hydrogen-bond acceptors (Lipinski definition) is 4. The van der Waals surface area contributed by atoms with E-state index in [2.05, 4.69) is 22.5 Å². The summed E-state index contributed by atoms with van der Waals surface area (Å²) in [6.45, 7) is 5.91. The molecule has 0 bridgehead atoms. The maximum Gasteiger partial charge on any atom is 0.253 e. The first-order valence-electron chi connectivity index (χ1n) is 10.3. The molecule has 2 aromatic rings. The van der Waals surface area contributed by atoms with E-state index in [-0.39, 0.29) is 18.0 Å². The Bertz CT molecular complexity index is 972. The van der Waals surface area contributed by atoms with Crippen molar-refractivity contribution in [2.24, 2.45) is 0 Å². The van der Waals surface area contributed by atoms with E-state index in [0.29, 0.717) is 22.7 Å². The Morgan fingerprint density at radius 3 is 2.59 bits per heavy atom. The molecule has 0 unspecified atom stereocenters. The Labute approximate surface area is 171 Å². The number of amides is 1. The smallest absolute Gasteiger partial charge is 0.253 e. The van der Waals surface area contributed by atoms with Crippen molar-refractivity contribution in [1.82, 2.24) is 10.3 Å². The predicted molar refractivity (Wildman–Crippen MR) is 117 cm³/mol. The minimum atomic E-state index is -0.271. The third kappa shape index (κ3) is 4.75. The van der Waals surface area contributed by atoms with E-state index in [1.807, 2.05) is 32.0 Å². The van der Waals surface area contributed by atoms with Gasteiger partial charge in [0.2, 0.25) is 0 Å². The number of aromatic amines is 1. The van der Waals surface area contributed by atoms with Crippen LogP contribution in [0.2, 0.25) is 0 Å². The summed E-state index contributed by atoms with van der Waals surface area (Å²) in [5.41, 5.74) is 4.99. The summed E-state index contributed by atoms with van der Waals surface area (Å²) in [6.07, 6.45) is 6.70. The number of carbonyl (C=O) groups is 1. The number of nitrogens with one attached hydrogen (secondary N) is 4. The lowest BCUT2D eigenvalue weighted by molar-refractivity contribution is 0.0950. The van der Waals surface area contributed by atoms with E-state index in [9.17, 15) is 9.59 Å². The Morgan fingerprint density at radius 1 is 1.24 bits per heavy atom. The van der Waals surface area contributed by atoms with E-state index in [0.717, 1.165) is 41.8 Å². The molecule has 29 heavy (non-hydrogen) atoms. The fraction of sp³-hybridized carbons (Fsp3) is 0.435. The molecule has 1 fully saturated rings. The number of pyridine rings is 1. The third-order valence-electron chi connectivity index (χ3n) is 5.67. The van der Waals surface area contributed by atoms with Crippen LogP contribution in [-0.2, 0) is 13.0 Å². The Balaban J connectivity index is 1.87. The standard InChI is InChI=1S/C23H30N4O2/c1-4-16-10-18(19(12-24)21(11-16)27-17-7-5-6-8-17)22(28)25-13-20-14(2)9-15(3)26-23(20)29/h9-12,17,24,27H,4-8,13H2,1-3H3,(H,25,28)(H,26,29). The van der Waals surface area contributed by atoms with Gasteiger partial charge in [-0.15, -0.1) is 0 Å². The maximum atomic E-state index is 13.0. The van der Waals surface area contributed by atoms with Crippen LogP contribution in [-0.4, -0.2) is 23.1 Å². The van der Waals surface area contributed by atoms with Gasteiger partial charge in [0.25, 0.3) is 11.5 Å². The highest BCUT2D eigenvalue weighted by Gasteiger charge is 2.20. The van der Waals surface area contributed by atoms with E-state index in [1.54, 1.807) is 0 Å². The summed E-state index contributed by atoms with van der Waals surface area (Å²) < 4.78 is 0. The number of benzene rings is 1. The van der Waals surface area contributed by atoms with Crippen LogP contribution in [0.25, 0.3) is 0 Å². The van der Waals surface area contributed by atoms with Crippen LogP contribution in [0.5, 0.6) is 0 Å². The summed E-state index contributed by atoms with van der Waals surface area (Å²) >= 11 is 0. The maximum absolute atomic E-state index is 13.0. The number of carbonyl (C=O) groups excluding carboxylic acids is 1. The fourth-order valence-electron chi connectivity index (χ4n) is 4.04. The van der Waals surface area contributed by atoms with Crippen LogP contribution in [0.15, 0.2) is 23.0 Å². The van der Waals surface area contributed by atoms with E-state index in [4.69, 9.17) is 5.41 Å². The molecule has 1 heterocycles. The van der Waals surface area contributed by atoms with Crippen molar-refractivity contribution in [3.63, 3.8) is 0 Å². The molecule has 0 aliphatic heterocycles. The number of aryl methyl sites for hydroxylation is 3. The molecule has 6 nitrogen and oxygen atoms in total. The zero-order valence-corrected chi connectivity index (χ0v) is 17.4. The molecule has 0 spiro atoms. The molecular weight excluding hydrogens is 364 g/mol. The molecule has 1 aliphatic carbocycles. The van der Waals surface area contributed by atoms with Crippen molar-refractivity contribution in [1.29, 1.82) is 5.41 Å². The second-order valence-corrected chi connectivity index (χ2v) is 7.85. The SMILES string of the molecule is CCc1cc(NC2CCCC2)c(C=N)c(C(=O)NCc2c(C)cc(C)[nH]c2=O)c1. The zero-order valence-electron chi connectivity index (χ0n) is 17.4. The van der Waals surface area contributed by atoms with Gasteiger partial charge >= 0.3 is 0 Å². The monoisotopic (exact) mass is 394 g/mol. The molecule has 1 saturated carbocycles. The van der Waals surface area contributed by atoms with Crippen LogP contribution in [0.4, 0.5) is 5.69 Å². The lowest BCUT2D eigenvalue weighted by Crippen LogP contribution is -2.29. The van der Waals surface area contributed by atoms with Gasteiger partial charge in [0.15, 0.2) is 0 Å². The van der Waals surface area contributed by atoms with Gasteiger partial charge in [0.1, 0.15) is 0 Å². The van der Waals surface area contributed by atoms with E-state index >= 15 is 0 Å². The third-order valence-corrected chi connectivity index (χ3v) is 5.67. The average molecular weight is 395 g/mol. The molecule has 1 aromatic carbocycles. The second kappa shape index (κ2) is 9.07. The molecule has 0 atom stereocenters. The van der Waals surface area contributed by atoms with Crippen molar-refractivity contribution in [3.05, 3.63) is 62.1 Å². The molecular formula is C23H30N4O2. The van der Waals surface area contributed by atoms with Gasteiger partial charge in [-0.2, -0.15) is 0 Å². The first-order chi connectivity index (χ1) is 13.9.